The van der Waals surface area contributed by atoms with E-state index in [2.05, 4.69) is 0 Å². The second-order valence-corrected chi connectivity index (χ2v) is 8.33. The zero-order valence-electron chi connectivity index (χ0n) is 20.0. The number of ether oxygens (including phenoxy) is 1. The molecule has 1 amide bonds. The molecule has 33 heavy (non-hydrogen) atoms. The Kier molecular flexibility index (Phi) is 8.74. The molecule has 1 atom stereocenters. The smallest absolute Gasteiger partial charge is 0.261 e. The average molecular weight is 451 g/mol. The van der Waals surface area contributed by atoms with Crippen LogP contribution in [-0.2, 0) is 22.7 Å². The van der Waals surface area contributed by atoms with Crippen LogP contribution in [0.5, 0.6) is 0 Å². The summed E-state index contributed by atoms with van der Waals surface area (Å²) in [7, 11) is 3.96. The first-order valence-electron chi connectivity index (χ1n) is 11.5. The monoisotopic (exact) mass is 450 g/mol. The Morgan fingerprint density at radius 3 is 2.39 bits per heavy atom. The van der Waals surface area contributed by atoms with Crippen LogP contribution in [0.4, 0.5) is 0 Å². The lowest BCUT2D eigenvalue weighted by molar-refractivity contribution is -0.139. The maximum atomic E-state index is 13.3. The Bertz CT molecular complexity index is 1110. The molecule has 0 fully saturated rings. The van der Waals surface area contributed by atoms with Gasteiger partial charge in [0.25, 0.3) is 5.56 Å². The molecule has 176 valence electrons. The van der Waals surface area contributed by atoms with Crippen molar-refractivity contribution in [3.8, 4) is 0 Å². The van der Waals surface area contributed by atoms with Gasteiger partial charge < -0.3 is 14.5 Å². The van der Waals surface area contributed by atoms with Crippen LogP contribution in [0.25, 0.3) is 10.9 Å². The van der Waals surface area contributed by atoms with Crippen molar-refractivity contribution < 1.29 is 9.53 Å². The molecule has 2 aromatic carbocycles. The lowest BCUT2D eigenvalue weighted by Gasteiger charge is -2.33. The molecule has 0 aliphatic heterocycles. The Morgan fingerprint density at radius 2 is 1.73 bits per heavy atom. The molecule has 0 aliphatic rings. The van der Waals surface area contributed by atoms with E-state index in [0.717, 1.165) is 5.56 Å². The maximum Gasteiger partial charge on any atom is 0.261 e. The highest BCUT2D eigenvalue weighted by atomic mass is 16.5. The number of carbonyl (C=O) groups excluding carboxylic acids is 1. The number of para-hydroxylation sites is 1. The summed E-state index contributed by atoms with van der Waals surface area (Å²) >= 11 is 0. The van der Waals surface area contributed by atoms with Gasteiger partial charge in [0.2, 0.25) is 5.91 Å². The fourth-order valence-electron chi connectivity index (χ4n) is 3.96. The molecule has 0 saturated heterocycles. The molecule has 7 nitrogen and oxygen atoms in total. The summed E-state index contributed by atoms with van der Waals surface area (Å²) in [5.41, 5.74) is 1.60. The third-order valence-corrected chi connectivity index (χ3v) is 5.71. The van der Waals surface area contributed by atoms with E-state index in [4.69, 9.17) is 9.72 Å². The molecule has 1 aromatic heterocycles. The van der Waals surface area contributed by atoms with Gasteiger partial charge in [0, 0.05) is 19.6 Å². The van der Waals surface area contributed by atoms with E-state index in [9.17, 15) is 9.59 Å². The van der Waals surface area contributed by atoms with Crippen LogP contribution in [0.1, 0.15) is 37.7 Å². The van der Waals surface area contributed by atoms with Crippen molar-refractivity contribution >= 4 is 16.8 Å². The van der Waals surface area contributed by atoms with Gasteiger partial charge in [0.05, 0.1) is 23.6 Å². The molecule has 1 unspecified atom stereocenters. The minimum absolute atomic E-state index is 0.0250. The second-order valence-electron chi connectivity index (χ2n) is 8.33. The Hall–Kier alpha value is -3.03. The molecule has 0 radical (unpaired) electrons. The summed E-state index contributed by atoms with van der Waals surface area (Å²) < 4.78 is 7.45. The maximum absolute atomic E-state index is 13.3. The fourth-order valence-corrected chi connectivity index (χ4v) is 3.96. The lowest BCUT2D eigenvalue weighted by atomic mass is 10.1. The van der Waals surface area contributed by atoms with Crippen molar-refractivity contribution in [1.82, 2.24) is 19.4 Å². The average Bonchev–Trinajstić information content (AvgIpc) is 2.82. The van der Waals surface area contributed by atoms with Crippen molar-refractivity contribution in [3.05, 3.63) is 76.3 Å². The number of likely N-dealkylation sites (N-methyl/N-ethyl adjacent to an activating group) is 1. The van der Waals surface area contributed by atoms with E-state index in [1.54, 1.807) is 10.6 Å². The first kappa shape index (κ1) is 24.6. The van der Waals surface area contributed by atoms with Gasteiger partial charge in [-0.05, 0) is 45.1 Å². The van der Waals surface area contributed by atoms with Crippen LogP contribution in [-0.4, -0.2) is 59.0 Å². The highest BCUT2D eigenvalue weighted by Crippen LogP contribution is 2.24. The van der Waals surface area contributed by atoms with E-state index in [0.29, 0.717) is 49.4 Å². The van der Waals surface area contributed by atoms with Crippen LogP contribution >= 0.6 is 0 Å². The molecule has 1 heterocycles. The van der Waals surface area contributed by atoms with E-state index in [1.165, 1.54) is 0 Å². The van der Waals surface area contributed by atoms with Gasteiger partial charge in [-0.3, -0.25) is 14.2 Å². The first-order chi connectivity index (χ1) is 16.0. The minimum Gasteiger partial charge on any atom is -0.367 e. The highest BCUT2D eigenvalue weighted by Gasteiger charge is 2.28. The number of hydrogen-bond donors (Lipinski definition) is 0. The summed E-state index contributed by atoms with van der Waals surface area (Å²) in [4.78, 5) is 35.2. The number of carbonyl (C=O) groups is 1. The number of benzene rings is 2. The molecule has 3 aromatic rings. The third kappa shape index (κ3) is 6.06. The standard InChI is InChI=1S/C26H34N4O3/c1-5-23(25-27-22-15-11-10-14-21(22)26(32)29(25)6-2)30(17-16-28(3)4)24(31)19-33-18-20-12-8-7-9-13-20/h7-15,23H,5-6,16-19H2,1-4H3. The quantitative estimate of drug-likeness (QED) is 0.447. The predicted octanol–water partition coefficient (Wildman–Crippen LogP) is 3.47. The Balaban J connectivity index is 1.91. The Labute approximate surface area is 195 Å². The fraction of sp³-hybridized carbons (Fsp3) is 0.423. The normalized spacial score (nSPS) is 12.3. The Morgan fingerprint density at radius 1 is 1.03 bits per heavy atom. The van der Waals surface area contributed by atoms with E-state index >= 15 is 0 Å². The molecule has 7 heteroatoms. The molecule has 0 bridgehead atoms. The number of hydrogen-bond acceptors (Lipinski definition) is 5. The second kappa shape index (κ2) is 11.7. The molecular weight excluding hydrogens is 416 g/mol. The van der Waals surface area contributed by atoms with Gasteiger partial charge in [0.1, 0.15) is 12.4 Å². The molecule has 0 saturated carbocycles. The number of nitrogens with zero attached hydrogens (tertiary/aromatic N) is 4. The largest absolute Gasteiger partial charge is 0.367 e. The van der Waals surface area contributed by atoms with E-state index in [-0.39, 0.29) is 24.1 Å². The van der Waals surface area contributed by atoms with Gasteiger partial charge in [-0.15, -0.1) is 0 Å². The van der Waals surface area contributed by atoms with Gasteiger partial charge in [-0.25, -0.2) is 4.98 Å². The van der Waals surface area contributed by atoms with Crippen molar-refractivity contribution in [1.29, 1.82) is 0 Å². The van der Waals surface area contributed by atoms with Gasteiger partial charge in [-0.1, -0.05) is 49.4 Å². The summed E-state index contributed by atoms with van der Waals surface area (Å²) in [6.07, 6.45) is 0.642. The summed E-state index contributed by atoms with van der Waals surface area (Å²) in [6.45, 7) is 6.01. The zero-order chi connectivity index (χ0) is 23.8. The van der Waals surface area contributed by atoms with Crippen molar-refractivity contribution in [2.75, 3.05) is 33.8 Å². The molecule has 0 N–H and O–H groups in total. The van der Waals surface area contributed by atoms with E-state index in [1.807, 2.05) is 86.3 Å². The number of rotatable bonds is 11. The number of fused-ring (bicyclic) bond motifs is 1. The van der Waals surface area contributed by atoms with Gasteiger partial charge in [-0.2, -0.15) is 0 Å². The SMILES string of the molecule is CCC(c1nc2ccccc2c(=O)n1CC)N(CCN(C)C)C(=O)COCc1ccccc1. The minimum atomic E-state index is -0.324. The van der Waals surface area contributed by atoms with Gasteiger partial charge in [0.15, 0.2) is 0 Å². The van der Waals surface area contributed by atoms with Gasteiger partial charge >= 0.3 is 0 Å². The van der Waals surface area contributed by atoms with Crippen molar-refractivity contribution in [2.45, 2.75) is 39.5 Å². The summed E-state index contributed by atoms with van der Waals surface area (Å²) in [6, 6.07) is 16.9. The lowest BCUT2D eigenvalue weighted by Crippen LogP contribution is -2.43. The summed E-state index contributed by atoms with van der Waals surface area (Å²) in [5.74, 6) is 0.517. The van der Waals surface area contributed by atoms with Crippen LogP contribution in [0, 0.1) is 0 Å². The number of aromatic nitrogens is 2. The zero-order valence-corrected chi connectivity index (χ0v) is 20.0. The van der Waals surface area contributed by atoms with Crippen LogP contribution in [0.3, 0.4) is 0 Å². The molecule has 3 rings (SSSR count). The summed E-state index contributed by atoms with van der Waals surface area (Å²) in [5, 5.41) is 0.593. The number of amides is 1. The third-order valence-electron chi connectivity index (χ3n) is 5.71. The molecular formula is C26H34N4O3. The van der Waals surface area contributed by atoms with Crippen molar-refractivity contribution in [2.24, 2.45) is 0 Å². The van der Waals surface area contributed by atoms with Crippen LogP contribution < -0.4 is 5.56 Å². The van der Waals surface area contributed by atoms with Crippen LogP contribution in [0.2, 0.25) is 0 Å². The van der Waals surface area contributed by atoms with Crippen molar-refractivity contribution in [3.63, 3.8) is 0 Å². The molecule has 0 aliphatic carbocycles. The predicted molar refractivity (Wildman–Crippen MR) is 131 cm³/mol. The van der Waals surface area contributed by atoms with Crippen LogP contribution in [0.15, 0.2) is 59.4 Å². The first-order valence-corrected chi connectivity index (χ1v) is 11.5. The highest BCUT2D eigenvalue weighted by molar-refractivity contribution is 5.79. The molecule has 0 spiro atoms. The van der Waals surface area contributed by atoms with E-state index < -0.39 is 0 Å². The topological polar surface area (TPSA) is 67.7 Å².